The second kappa shape index (κ2) is 5.24. The molecule has 7 nitrogen and oxygen atoms in total. The molecule has 0 saturated carbocycles. The molecular formula is C10H17N5O2. The average molecular weight is 239 g/mol. The maximum Gasteiger partial charge on any atom is 0.240 e. The number of carbonyl (C=O) groups is 1. The summed E-state index contributed by atoms with van der Waals surface area (Å²) < 4.78 is 4.70. The van der Waals surface area contributed by atoms with Crippen LogP contribution in [0.25, 0.3) is 0 Å². The Morgan fingerprint density at radius 2 is 2.53 bits per heavy atom. The zero-order chi connectivity index (χ0) is 12.3. The van der Waals surface area contributed by atoms with E-state index in [4.69, 9.17) is 4.52 Å². The number of nitrogens with zero attached hydrogens (tertiary/aromatic N) is 4. The molecule has 0 aromatic carbocycles. The fraction of sp³-hybridized carbons (Fsp3) is 0.700. The minimum atomic E-state index is -0.155. The highest BCUT2D eigenvalue weighted by Gasteiger charge is 2.30. The zero-order valence-corrected chi connectivity index (χ0v) is 10.1. The van der Waals surface area contributed by atoms with Gasteiger partial charge in [0.15, 0.2) is 5.82 Å². The van der Waals surface area contributed by atoms with Gasteiger partial charge in [0.25, 0.3) is 0 Å². The highest BCUT2D eigenvalue weighted by molar-refractivity contribution is 5.81. The van der Waals surface area contributed by atoms with Gasteiger partial charge in [-0.25, -0.2) is 0 Å². The molecule has 94 valence electrons. The maximum absolute atomic E-state index is 12.0. The Hall–Kier alpha value is -1.47. The summed E-state index contributed by atoms with van der Waals surface area (Å²) in [4.78, 5) is 19.7. The summed E-state index contributed by atoms with van der Waals surface area (Å²) >= 11 is 0. The molecule has 1 fully saturated rings. The van der Waals surface area contributed by atoms with E-state index in [9.17, 15) is 4.79 Å². The quantitative estimate of drug-likeness (QED) is 0.724. The first-order chi connectivity index (χ1) is 8.18. The molecular weight excluding hydrogens is 222 g/mol. The van der Waals surface area contributed by atoms with Crippen LogP contribution in [0, 0.1) is 0 Å². The lowest BCUT2D eigenvalue weighted by molar-refractivity contribution is -0.135. The molecule has 2 heterocycles. The number of nitrogens with one attached hydrogen (secondary N) is 1. The Labute approximate surface area is 99.8 Å². The molecule has 1 aromatic heterocycles. The third-order valence-corrected chi connectivity index (χ3v) is 2.83. The molecule has 1 aliphatic rings. The van der Waals surface area contributed by atoms with E-state index in [-0.39, 0.29) is 11.9 Å². The van der Waals surface area contributed by atoms with Gasteiger partial charge in [-0.15, -0.1) is 0 Å². The Kier molecular flexibility index (Phi) is 3.70. The normalized spacial score (nSPS) is 21.4. The number of aromatic nitrogens is 2. The molecule has 0 bridgehead atoms. The standard InChI is InChI=1S/C10H17N5O2/c1-14(2)10(16)8-5-11-3-4-15(8)6-9-12-7-17-13-9/h7-8,11H,3-6H2,1-2H3. The Bertz CT molecular complexity index is 365. The Balaban J connectivity index is 2.04. The summed E-state index contributed by atoms with van der Waals surface area (Å²) in [6.45, 7) is 2.88. The number of hydrogen-bond acceptors (Lipinski definition) is 6. The van der Waals surface area contributed by atoms with Crippen molar-refractivity contribution in [3.63, 3.8) is 0 Å². The predicted octanol–water partition coefficient (Wildman–Crippen LogP) is -1.07. The SMILES string of the molecule is CN(C)C(=O)C1CNCCN1Cc1ncon1. The largest absolute Gasteiger partial charge is 0.347 e. The maximum atomic E-state index is 12.0. The van der Waals surface area contributed by atoms with Gasteiger partial charge in [-0.1, -0.05) is 5.16 Å². The van der Waals surface area contributed by atoms with Crippen molar-refractivity contribution in [1.82, 2.24) is 25.3 Å². The van der Waals surface area contributed by atoms with E-state index in [1.54, 1.807) is 19.0 Å². The van der Waals surface area contributed by atoms with Gasteiger partial charge in [0.2, 0.25) is 12.3 Å². The summed E-state index contributed by atoms with van der Waals surface area (Å²) in [6.07, 6.45) is 1.31. The summed E-state index contributed by atoms with van der Waals surface area (Å²) in [5, 5.41) is 7.00. The summed E-state index contributed by atoms with van der Waals surface area (Å²) in [5.41, 5.74) is 0. The number of rotatable bonds is 3. The van der Waals surface area contributed by atoms with Crippen molar-refractivity contribution in [2.24, 2.45) is 0 Å². The molecule has 1 aromatic rings. The summed E-state index contributed by atoms with van der Waals surface area (Å²) in [6, 6.07) is -0.155. The van der Waals surface area contributed by atoms with Gasteiger partial charge in [-0.05, 0) is 0 Å². The zero-order valence-electron chi connectivity index (χ0n) is 10.1. The predicted molar refractivity (Wildman–Crippen MR) is 60.1 cm³/mol. The van der Waals surface area contributed by atoms with Crippen molar-refractivity contribution in [2.75, 3.05) is 33.7 Å². The second-order valence-electron chi connectivity index (χ2n) is 4.27. The molecule has 0 spiro atoms. The molecule has 7 heteroatoms. The van der Waals surface area contributed by atoms with Gasteiger partial charge in [0.1, 0.15) is 6.04 Å². The fourth-order valence-electron chi connectivity index (χ4n) is 1.92. The lowest BCUT2D eigenvalue weighted by Gasteiger charge is -2.35. The van der Waals surface area contributed by atoms with Gasteiger partial charge in [-0.2, -0.15) is 4.98 Å². The molecule has 1 amide bonds. The van der Waals surface area contributed by atoms with Crippen molar-refractivity contribution in [2.45, 2.75) is 12.6 Å². The van der Waals surface area contributed by atoms with Crippen LogP contribution in [0.1, 0.15) is 5.82 Å². The topological polar surface area (TPSA) is 74.5 Å². The molecule has 0 radical (unpaired) electrons. The Morgan fingerprint density at radius 1 is 1.71 bits per heavy atom. The minimum absolute atomic E-state index is 0.0979. The van der Waals surface area contributed by atoms with Gasteiger partial charge in [0, 0.05) is 33.7 Å². The van der Waals surface area contributed by atoms with Gasteiger partial charge >= 0.3 is 0 Å². The molecule has 1 N–H and O–H groups in total. The van der Waals surface area contributed by atoms with Crippen LogP contribution in [-0.2, 0) is 11.3 Å². The smallest absolute Gasteiger partial charge is 0.240 e. The molecule has 17 heavy (non-hydrogen) atoms. The highest BCUT2D eigenvalue weighted by Crippen LogP contribution is 2.09. The fourth-order valence-corrected chi connectivity index (χ4v) is 1.92. The van der Waals surface area contributed by atoms with E-state index in [2.05, 4.69) is 20.4 Å². The van der Waals surface area contributed by atoms with Gasteiger partial charge < -0.3 is 14.7 Å². The summed E-state index contributed by atoms with van der Waals surface area (Å²) in [7, 11) is 3.53. The first-order valence-electron chi connectivity index (χ1n) is 5.59. The molecule has 1 unspecified atom stereocenters. The number of amides is 1. The Morgan fingerprint density at radius 3 is 3.18 bits per heavy atom. The van der Waals surface area contributed by atoms with Crippen LogP contribution >= 0.6 is 0 Å². The highest BCUT2D eigenvalue weighted by atomic mass is 16.5. The lowest BCUT2D eigenvalue weighted by atomic mass is 10.1. The number of likely N-dealkylation sites (N-methyl/N-ethyl adjacent to an activating group) is 1. The average Bonchev–Trinajstić information content (AvgIpc) is 2.81. The van der Waals surface area contributed by atoms with Crippen molar-refractivity contribution in [3.05, 3.63) is 12.2 Å². The van der Waals surface area contributed by atoms with Crippen LogP contribution < -0.4 is 5.32 Å². The van der Waals surface area contributed by atoms with Crippen LogP contribution in [0.5, 0.6) is 0 Å². The molecule has 1 atom stereocenters. The third kappa shape index (κ3) is 2.80. The van der Waals surface area contributed by atoms with Gasteiger partial charge in [-0.3, -0.25) is 9.69 Å². The number of piperazine rings is 1. The van der Waals surface area contributed by atoms with Crippen LogP contribution in [-0.4, -0.2) is 65.6 Å². The second-order valence-corrected chi connectivity index (χ2v) is 4.27. The molecule has 0 aliphatic carbocycles. The van der Waals surface area contributed by atoms with E-state index in [1.165, 1.54) is 6.39 Å². The van der Waals surface area contributed by atoms with E-state index >= 15 is 0 Å². The third-order valence-electron chi connectivity index (χ3n) is 2.83. The van der Waals surface area contributed by atoms with Crippen LogP contribution in [0.2, 0.25) is 0 Å². The van der Waals surface area contributed by atoms with Crippen LogP contribution in [0.15, 0.2) is 10.9 Å². The first-order valence-corrected chi connectivity index (χ1v) is 5.59. The monoisotopic (exact) mass is 239 g/mol. The van der Waals surface area contributed by atoms with E-state index in [0.717, 1.165) is 13.1 Å². The van der Waals surface area contributed by atoms with Crippen molar-refractivity contribution >= 4 is 5.91 Å². The van der Waals surface area contributed by atoms with Crippen molar-refractivity contribution in [3.8, 4) is 0 Å². The first kappa shape index (κ1) is 12.0. The summed E-state index contributed by atoms with van der Waals surface area (Å²) in [5.74, 6) is 0.712. The van der Waals surface area contributed by atoms with Crippen LogP contribution in [0.3, 0.4) is 0 Å². The van der Waals surface area contributed by atoms with Crippen LogP contribution in [0.4, 0.5) is 0 Å². The number of carbonyl (C=O) groups excluding carboxylic acids is 1. The molecule has 1 aliphatic heterocycles. The number of hydrogen-bond donors (Lipinski definition) is 1. The van der Waals surface area contributed by atoms with Gasteiger partial charge in [0.05, 0.1) is 6.54 Å². The lowest BCUT2D eigenvalue weighted by Crippen LogP contribution is -2.57. The molecule has 1 saturated heterocycles. The van der Waals surface area contributed by atoms with E-state index in [0.29, 0.717) is 18.9 Å². The van der Waals surface area contributed by atoms with Crippen molar-refractivity contribution < 1.29 is 9.32 Å². The van der Waals surface area contributed by atoms with Crippen molar-refractivity contribution in [1.29, 1.82) is 0 Å². The molecule has 2 rings (SSSR count). The van der Waals surface area contributed by atoms with E-state index < -0.39 is 0 Å². The minimum Gasteiger partial charge on any atom is -0.347 e. The van der Waals surface area contributed by atoms with E-state index in [1.807, 2.05) is 0 Å².